The van der Waals surface area contributed by atoms with Crippen LogP contribution in [0.4, 0.5) is 0 Å². The number of hydrogen-bond acceptors (Lipinski definition) is 4. The molecule has 6 heteroatoms. The molecular weight excluding hydrogens is 254 g/mol. The van der Waals surface area contributed by atoms with E-state index in [2.05, 4.69) is 4.72 Å². The number of fused-ring (bicyclic) bond motifs is 1. The van der Waals surface area contributed by atoms with E-state index < -0.39 is 29.3 Å². The van der Waals surface area contributed by atoms with Gasteiger partial charge in [0.2, 0.25) is 10.0 Å². The molecule has 0 amide bonds. The SMILES string of the molecule is O=S(=O)(NC(CO)CO)c1ccc2c(c1)CCC2. The molecule has 18 heavy (non-hydrogen) atoms. The molecule has 0 fully saturated rings. The first-order valence-electron chi connectivity index (χ1n) is 5.92. The Bertz CT molecular complexity index is 523. The Hall–Kier alpha value is -0.950. The van der Waals surface area contributed by atoms with Crippen molar-refractivity contribution in [2.45, 2.75) is 30.2 Å². The molecule has 1 aromatic carbocycles. The summed E-state index contributed by atoms with van der Waals surface area (Å²) in [6, 6.07) is 4.22. The Balaban J connectivity index is 2.24. The first-order valence-corrected chi connectivity index (χ1v) is 7.41. The van der Waals surface area contributed by atoms with Crippen molar-refractivity contribution in [1.29, 1.82) is 0 Å². The van der Waals surface area contributed by atoms with Crippen LogP contribution in [0.25, 0.3) is 0 Å². The minimum absolute atomic E-state index is 0.190. The summed E-state index contributed by atoms with van der Waals surface area (Å²) >= 11 is 0. The number of benzene rings is 1. The summed E-state index contributed by atoms with van der Waals surface area (Å²) < 4.78 is 26.3. The third kappa shape index (κ3) is 2.72. The van der Waals surface area contributed by atoms with Gasteiger partial charge in [-0.25, -0.2) is 13.1 Å². The van der Waals surface area contributed by atoms with Gasteiger partial charge >= 0.3 is 0 Å². The van der Waals surface area contributed by atoms with Crippen LogP contribution in [0.2, 0.25) is 0 Å². The van der Waals surface area contributed by atoms with Gasteiger partial charge in [0.25, 0.3) is 0 Å². The van der Waals surface area contributed by atoms with E-state index >= 15 is 0 Å². The molecule has 0 bridgehead atoms. The lowest BCUT2D eigenvalue weighted by atomic mass is 10.1. The molecule has 2 rings (SSSR count). The lowest BCUT2D eigenvalue weighted by Gasteiger charge is -2.14. The predicted octanol–water partition coefficient (Wildman–Crippen LogP) is -0.193. The highest BCUT2D eigenvalue weighted by Gasteiger charge is 2.21. The highest BCUT2D eigenvalue weighted by molar-refractivity contribution is 7.89. The zero-order valence-corrected chi connectivity index (χ0v) is 10.8. The van der Waals surface area contributed by atoms with Gasteiger partial charge in [-0.15, -0.1) is 0 Å². The lowest BCUT2D eigenvalue weighted by molar-refractivity contribution is 0.185. The maximum atomic E-state index is 12.0. The Morgan fingerprint density at radius 2 is 1.83 bits per heavy atom. The normalized spacial score (nSPS) is 15.1. The number of aliphatic hydroxyl groups excluding tert-OH is 2. The highest BCUT2D eigenvalue weighted by Crippen LogP contribution is 2.24. The molecule has 0 aromatic heterocycles. The molecule has 0 aliphatic heterocycles. The number of hydrogen-bond donors (Lipinski definition) is 3. The molecule has 3 N–H and O–H groups in total. The van der Waals surface area contributed by atoms with Crippen molar-refractivity contribution in [2.24, 2.45) is 0 Å². The maximum absolute atomic E-state index is 12.0. The number of nitrogens with one attached hydrogen (secondary N) is 1. The molecule has 5 nitrogen and oxygen atoms in total. The Kier molecular flexibility index (Phi) is 4.01. The number of rotatable bonds is 5. The number of aryl methyl sites for hydroxylation is 2. The average molecular weight is 271 g/mol. The number of aliphatic hydroxyl groups is 2. The van der Waals surface area contributed by atoms with E-state index in [1.807, 2.05) is 6.07 Å². The van der Waals surface area contributed by atoms with Crippen LogP contribution in [-0.4, -0.2) is 37.9 Å². The van der Waals surface area contributed by atoms with E-state index in [9.17, 15) is 8.42 Å². The standard InChI is InChI=1S/C12H17NO4S/c14-7-11(8-15)13-18(16,17)12-5-4-9-2-1-3-10(9)6-12/h4-6,11,13-15H,1-3,7-8H2. The van der Waals surface area contributed by atoms with Gasteiger partial charge in [0.1, 0.15) is 0 Å². The van der Waals surface area contributed by atoms with Crippen LogP contribution in [0.15, 0.2) is 23.1 Å². The largest absolute Gasteiger partial charge is 0.395 e. The van der Waals surface area contributed by atoms with E-state index in [0.29, 0.717) is 0 Å². The van der Waals surface area contributed by atoms with Crippen molar-refractivity contribution in [3.8, 4) is 0 Å². The molecule has 0 unspecified atom stereocenters. The smallest absolute Gasteiger partial charge is 0.240 e. The van der Waals surface area contributed by atoms with Gasteiger partial charge in [0, 0.05) is 0 Å². The van der Waals surface area contributed by atoms with Crippen molar-refractivity contribution in [2.75, 3.05) is 13.2 Å². The van der Waals surface area contributed by atoms with Gasteiger partial charge in [-0.2, -0.15) is 0 Å². The van der Waals surface area contributed by atoms with Gasteiger partial charge < -0.3 is 10.2 Å². The van der Waals surface area contributed by atoms with Gasteiger partial charge in [0.15, 0.2) is 0 Å². The molecule has 0 heterocycles. The summed E-state index contributed by atoms with van der Waals surface area (Å²) in [6.45, 7) is -0.860. The Labute approximate surface area is 107 Å². The van der Waals surface area contributed by atoms with Crippen LogP contribution in [0, 0.1) is 0 Å². The predicted molar refractivity (Wildman–Crippen MR) is 66.7 cm³/mol. The lowest BCUT2D eigenvalue weighted by Crippen LogP contribution is -2.40. The van der Waals surface area contributed by atoms with Crippen molar-refractivity contribution >= 4 is 10.0 Å². The molecule has 0 spiro atoms. The highest BCUT2D eigenvalue weighted by atomic mass is 32.2. The van der Waals surface area contributed by atoms with Crippen LogP contribution in [0.1, 0.15) is 17.5 Å². The third-order valence-corrected chi connectivity index (χ3v) is 4.66. The molecule has 100 valence electrons. The molecule has 0 atom stereocenters. The van der Waals surface area contributed by atoms with Crippen molar-refractivity contribution < 1.29 is 18.6 Å². The van der Waals surface area contributed by atoms with E-state index in [-0.39, 0.29) is 4.90 Å². The average Bonchev–Trinajstić information content (AvgIpc) is 2.83. The number of sulfonamides is 1. The monoisotopic (exact) mass is 271 g/mol. The Morgan fingerprint density at radius 1 is 1.17 bits per heavy atom. The molecule has 0 saturated heterocycles. The third-order valence-electron chi connectivity index (χ3n) is 3.14. The summed E-state index contributed by atoms with van der Waals surface area (Å²) in [4.78, 5) is 0.190. The van der Waals surface area contributed by atoms with E-state index in [4.69, 9.17) is 10.2 Å². The van der Waals surface area contributed by atoms with Gasteiger partial charge in [-0.05, 0) is 42.5 Å². The second kappa shape index (κ2) is 5.36. The van der Waals surface area contributed by atoms with Crippen molar-refractivity contribution in [3.05, 3.63) is 29.3 Å². The maximum Gasteiger partial charge on any atom is 0.240 e. The summed E-state index contributed by atoms with van der Waals surface area (Å²) in [5.41, 5.74) is 2.28. The van der Waals surface area contributed by atoms with Crippen LogP contribution < -0.4 is 4.72 Å². The first-order chi connectivity index (χ1) is 8.56. The molecular formula is C12H17NO4S. The molecule has 1 aliphatic carbocycles. The second-order valence-electron chi connectivity index (χ2n) is 4.47. The molecule has 1 aromatic rings. The Morgan fingerprint density at radius 3 is 2.50 bits per heavy atom. The van der Waals surface area contributed by atoms with Crippen LogP contribution >= 0.6 is 0 Å². The van der Waals surface area contributed by atoms with Crippen molar-refractivity contribution in [3.63, 3.8) is 0 Å². The fourth-order valence-corrected chi connectivity index (χ4v) is 3.40. The first kappa shape index (κ1) is 13.5. The van der Waals surface area contributed by atoms with E-state index in [1.165, 1.54) is 5.56 Å². The van der Waals surface area contributed by atoms with Crippen LogP contribution in [-0.2, 0) is 22.9 Å². The van der Waals surface area contributed by atoms with E-state index in [1.54, 1.807) is 12.1 Å². The van der Waals surface area contributed by atoms with Gasteiger partial charge in [-0.3, -0.25) is 0 Å². The molecule has 0 radical (unpaired) electrons. The molecule has 0 saturated carbocycles. The minimum atomic E-state index is -3.68. The molecule has 1 aliphatic rings. The zero-order chi connectivity index (χ0) is 13.2. The summed E-state index contributed by atoms with van der Waals surface area (Å²) in [5, 5.41) is 17.8. The minimum Gasteiger partial charge on any atom is -0.395 e. The quantitative estimate of drug-likeness (QED) is 0.692. The topological polar surface area (TPSA) is 86.6 Å². The summed E-state index contributed by atoms with van der Waals surface area (Å²) in [5.74, 6) is 0. The summed E-state index contributed by atoms with van der Waals surface area (Å²) in [7, 11) is -3.68. The van der Waals surface area contributed by atoms with Crippen LogP contribution in [0.3, 0.4) is 0 Å². The van der Waals surface area contributed by atoms with Crippen LogP contribution in [0.5, 0.6) is 0 Å². The fraction of sp³-hybridized carbons (Fsp3) is 0.500. The van der Waals surface area contributed by atoms with Gasteiger partial charge in [0.05, 0.1) is 24.2 Å². The zero-order valence-electron chi connectivity index (χ0n) is 9.96. The fourth-order valence-electron chi connectivity index (χ4n) is 2.14. The van der Waals surface area contributed by atoms with Gasteiger partial charge in [-0.1, -0.05) is 6.07 Å². The van der Waals surface area contributed by atoms with Crippen molar-refractivity contribution in [1.82, 2.24) is 4.72 Å². The summed E-state index contributed by atoms with van der Waals surface area (Å²) in [6.07, 6.45) is 2.96. The van der Waals surface area contributed by atoms with E-state index in [0.717, 1.165) is 24.8 Å². The second-order valence-corrected chi connectivity index (χ2v) is 6.18.